The Labute approximate surface area is 83.3 Å². The normalized spacial score (nSPS) is 16.6. The van der Waals surface area contributed by atoms with Crippen LogP contribution in [0.1, 0.15) is 6.92 Å². The minimum absolute atomic E-state index is 0.252. The molecule has 0 aliphatic carbocycles. The Morgan fingerprint density at radius 3 is 2.57 bits per heavy atom. The van der Waals surface area contributed by atoms with Crippen LogP contribution in [0.15, 0.2) is 30.3 Å². The molecule has 2 unspecified atom stereocenters. The fourth-order valence-electron chi connectivity index (χ4n) is 0.922. The Morgan fingerprint density at radius 1 is 1.50 bits per heavy atom. The third-order valence-electron chi connectivity index (χ3n) is 1.62. The predicted molar refractivity (Wildman–Crippen MR) is 55.3 cm³/mol. The molecular formula is C10H11O3P. The molecule has 14 heavy (non-hydrogen) atoms. The summed E-state index contributed by atoms with van der Waals surface area (Å²) >= 11 is 0. The van der Waals surface area contributed by atoms with Gasteiger partial charge in [0.25, 0.3) is 0 Å². The average Bonchev–Trinajstić information content (AvgIpc) is 2.18. The number of benzene rings is 1. The number of hydrogen-bond donors (Lipinski definition) is 1. The van der Waals surface area contributed by atoms with Crippen molar-refractivity contribution < 1.29 is 14.0 Å². The van der Waals surface area contributed by atoms with E-state index in [1.807, 2.05) is 0 Å². The van der Waals surface area contributed by atoms with E-state index in [-0.39, 0.29) is 5.30 Å². The van der Waals surface area contributed by atoms with Crippen LogP contribution < -0.4 is 5.30 Å². The van der Waals surface area contributed by atoms with Crippen LogP contribution in [0.2, 0.25) is 0 Å². The van der Waals surface area contributed by atoms with Crippen LogP contribution in [0.25, 0.3) is 0 Å². The summed E-state index contributed by atoms with van der Waals surface area (Å²) in [6.07, 6.45) is 4.38. The summed E-state index contributed by atoms with van der Waals surface area (Å²) < 4.78 is 16.5. The van der Waals surface area contributed by atoms with Crippen molar-refractivity contribution in [3.05, 3.63) is 30.3 Å². The summed E-state index contributed by atoms with van der Waals surface area (Å²) in [6, 6.07) is 8.16. The molecule has 74 valence electrons. The number of rotatable bonds is 3. The van der Waals surface area contributed by atoms with Crippen LogP contribution in [0.3, 0.4) is 0 Å². The highest BCUT2D eigenvalue weighted by Gasteiger charge is 2.24. The maximum atomic E-state index is 11.6. The summed E-state index contributed by atoms with van der Waals surface area (Å²) in [5.41, 5.74) is 0. The third kappa shape index (κ3) is 2.71. The minimum atomic E-state index is -3.76. The molecule has 0 fully saturated rings. The van der Waals surface area contributed by atoms with Crippen molar-refractivity contribution in [3.63, 3.8) is 0 Å². The lowest BCUT2D eigenvalue weighted by Gasteiger charge is -2.13. The van der Waals surface area contributed by atoms with Gasteiger partial charge in [0, 0.05) is 0 Å². The van der Waals surface area contributed by atoms with Crippen molar-refractivity contribution in [2.75, 3.05) is 0 Å². The quantitative estimate of drug-likeness (QED) is 0.608. The second-order valence-corrected chi connectivity index (χ2v) is 4.54. The smallest absolute Gasteiger partial charge is 0.321 e. The molecule has 1 rings (SSSR count). The van der Waals surface area contributed by atoms with Crippen LogP contribution in [0, 0.1) is 12.3 Å². The Balaban J connectivity index is 2.88. The van der Waals surface area contributed by atoms with Crippen LogP contribution in [0.5, 0.6) is 0 Å². The number of hydrogen-bond acceptors (Lipinski definition) is 2. The van der Waals surface area contributed by atoms with E-state index in [2.05, 4.69) is 5.92 Å². The van der Waals surface area contributed by atoms with Crippen molar-refractivity contribution in [2.24, 2.45) is 0 Å². The van der Waals surface area contributed by atoms with E-state index in [0.29, 0.717) is 0 Å². The van der Waals surface area contributed by atoms with Crippen molar-refractivity contribution in [1.29, 1.82) is 0 Å². The van der Waals surface area contributed by atoms with Gasteiger partial charge in [0.15, 0.2) is 0 Å². The van der Waals surface area contributed by atoms with Crippen LogP contribution in [0.4, 0.5) is 0 Å². The molecule has 0 spiro atoms. The molecule has 1 aromatic rings. The molecule has 2 atom stereocenters. The maximum absolute atomic E-state index is 11.6. The Bertz CT molecular complexity index is 380. The minimum Gasteiger partial charge on any atom is -0.321 e. The lowest BCUT2D eigenvalue weighted by molar-refractivity contribution is 0.240. The zero-order chi connectivity index (χ0) is 10.6. The molecule has 1 aromatic carbocycles. The first-order valence-electron chi connectivity index (χ1n) is 4.09. The molecule has 0 amide bonds. The summed E-state index contributed by atoms with van der Waals surface area (Å²) in [6.45, 7) is 1.55. The van der Waals surface area contributed by atoms with Gasteiger partial charge in [0.05, 0.1) is 5.30 Å². The molecule has 0 radical (unpaired) electrons. The first-order valence-corrected chi connectivity index (χ1v) is 5.67. The highest BCUT2D eigenvalue weighted by Crippen LogP contribution is 2.41. The lowest BCUT2D eigenvalue weighted by Crippen LogP contribution is -2.11. The standard InChI is InChI=1S/C10H11O3P/c1-3-9(2)13-14(11,12)10-7-5-4-6-8-10/h1,4-9H,2H3,(H,11,12). The van der Waals surface area contributed by atoms with Gasteiger partial charge in [-0.1, -0.05) is 24.1 Å². The van der Waals surface area contributed by atoms with Gasteiger partial charge in [-0.3, -0.25) is 9.09 Å². The van der Waals surface area contributed by atoms with Crippen LogP contribution in [-0.4, -0.2) is 11.0 Å². The predicted octanol–water partition coefficient (Wildman–Crippen LogP) is 1.54. The van der Waals surface area contributed by atoms with Gasteiger partial charge in [-0.2, -0.15) is 0 Å². The van der Waals surface area contributed by atoms with E-state index in [0.717, 1.165) is 0 Å². The first kappa shape index (κ1) is 11.0. The number of terminal acetylenes is 1. The van der Waals surface area contributed by atoms with Crippen LogP contribution in [-0.2, 0) is 9.09 Å². The summed E-state index contributed by atoms with van der Waals surface area (Å²) in [4.78, 5) is 9.53. The Kier molecular flexibility index (Phi) is 3.49. The van der Waals surface area contributed by atoms with Gasteiger partial charge in [-0.15, -0.1) is 6.42 Å². The van der Waals surface area contributed by atoms with E-state index in [9.17, 15) is 9.46 Å². The molecule has 0 bridgehead atoms. The SMILES string of the molecule is C#CC(C)OP(=O)(O)c1ccccc1. The van der Waals surface area contributed by atoms with E-state index in [4.69, 9.17) is 10.9 Å². The monoisotopic (exact) mass is 210 g/mol. The van der Waals surface area contributed by atoms with Gasteiger partial charge < -0.3 is 4.89 Å². The van der Waals surface area contributed by atoms with Gasteiger partial charge in [-0.25, -0.2) is 0 Å². The van der Waals surface area contributed by atoms with Gasteiger partial charge in [0.1, 0.15) is 6.10 Å². The highest BCUT2D eigenvalue weighted by atomic mass is 31.2. The third-order valence-corrected chi connectivity index (χ3v) is 3.17. The fourth-order valence-corrected chi connectivity index (χ4v) is 2.08. The van der Waals surface area contributed by atoms with Crippen molar-refractivity contribution in [1.82, 2.24) is 0 Å². The van der Waals surface area contributed by atoms with E-state index >= 15 is 0 Å². The molecule has 0 aliphatic rings. The van der Waals surface area contributed by atoms with E-state index < -0.39 is 13.7 Å². The van der Waals surface area contributed by atoms with E-state index in [1.54, 1.807) is 25.1 Å². The first-order chi connectivity index (χ1) is 6.56. The largest absolute Gasteiger partial charge is 0.359 e. The topological polar surface area (TPSA) is 46.5 Å². The van der Waals surface area contributed by atoms with Crippen molar-refractivity contribution in [3.8, 4) is 12.3 Å². The van der Waals surface area contributed by atoms with Gasteiger partial charge >= 0.3 is 7.60 Å². The average molecular weight is 210 g/mol. The molecule has 1 N–H and O–H groups in total. The summed E-state index contributed by atoms with van der Waals surface area (Å²) in [5, 5.41) is 0.252. The molecule has 4 heteroatoms. The van der Waals surface area contributed by atoms with Gasteiger partial charge in [-0.05, 0) is 19.1 Å². The van der Waals surface area contributed by atoms with Crippen molar-refractivity contribution in [2.45, 2.75) is 13.0 Å². The lowest BCUT2D eigenvalue weighted by atomic mass is 10.4. The second kappa shape index (κ2) is 4.43. The zero-order valence-corrected chi connectivity index (χ0v) is 8.65. The molecule has 0 aromatic heterocycles. The summed E-state index contributed by atoms with van der Waals surface area (Å²) in [5.74, 6) is 2.24. The molecule has 0 saturated heterocycles. The summed E-state index contributed by atoms with van der Waals surface area (Å²) in [7, 11) is -3.76. The highest BCUT2D eigenvalue weighted by molar-refractivity contribution is 7.61. The molecular weight excluding hydrogens is 199 g/mol. The molecule has 0 heterocycles. The zero-order valence-electron chi connectivity index (χ0n) is 7.75. The second-order valence-electron chi connectivity index (χ2n) is 2.77. The fraction of sp³-hybridized carbons (Fsp3) is 0.200. The molecule has 0 aliphatic heterocycles. The van der Waals surface area contributed by atoms with Gasteiger partial charge in [0.2, 0.25) is 0 Å². The molecule has 3 nitrogen and oxygen atoms in total. The molecule has 0 saturated carbocycles. The Morgan fingerprint density at radius 2 is 2.07 bits per heavy atom. The Hall–Kier alpha value is -1.07. The maximum Gasteiger partial charge on any atom is 0.359 e. The van der Waals surface area contributed by atoms with Crippen LogP contribution >= 0.6 is 7.60 Å². The van der Waals surface area contributed by atoms with E-state index in [1.165, 1.54) is 12.1 Å². The van der Waals surface area contributed by atoms with Crippen molar-refractivity contribution >= 4 is 12.9 Å².